The molecule has 0 aliphatic heterocycles. The Kier molecular flexibility index (Phi) is 5.46. The number of hydrogen-bond acceptors (Lipinski definition) is 2. The minimum absolute atomic E-state index is 0.271. The highest BCUT2D eigenvalue weighted by Crippen LogP contribution is 2.38. The van der Waals surface area contributed by atoms with Crippen LogP contribution in [-0.4, -0.2) is 6.54 Å². The maximum atomic E-state index is 13.2. The van der Waals surface area contributed by atoms with E-state index in [4.69, 9.17) is 0 Å². The van der Waals surface area contributed by atoms with Crippen molar-refractivity contribution in [2.45, 2.75) is 25.6 Å². The molecule has 0 amide bonds. The lowest BCUT2D eigenvalue weighted by molar-refractivity contribution is -0.138. The summed E-state index contributed by atoms with van der Waals surface area (Å²) in [5.41, 5.74) is -0.309. The molecule has 1 N–H and O–H groups in total. The summed E-state index contributed by atoms with van der Waals surface area (Å²) in [5.74, 6) is 0. The Morgan fingerprint density at radius 2 is 2.00 bits per heavy atom. The molecular formula is C15H15BrF3NS. The van der Waals surface area contributed by atoms with Gasteiger partial charge >= 0.3 is 6.18 Å². The highest BCUT2D eigenvalue weighted by molar-refractivity contribution is 9.10. The fourth-order valence-electron chi connectivity index (χ4n) is 2.14. The smallest absolute Gasteiger partial charge is 0.306 e. The number of thiophene rings is 1. The Hall–Kier alpha value is -0.850. The van der Waals surface area contributed by atoms with Gasteiger partial charge in [0, 0.05) is 14.7 Å². The molecular weight excluding hydrogens is 363 g/mol. The van der Waals surface area contributed by atoms with Gasteiger partial charge in [-0.1, -0.05) is 25.1 Å². The lowest BCUT2D eigenvalue weighted by Crippen LogP contribution is -2.25. The van der Waals surface area contributed by atoms with Crippen LogP contribution in [0, 0.1) is 0 Å². The van der Waals surface area contributed by atoms with Crippen molar-refractivity contribution in [3.05, 3.63) is 56.2 Å². The van der Waals surface area contributed by atoms with Crippen molar-refractivity contribution >= 4 is 27.3 Å². The van der Waals surface area contributed by atoms with Crippen molar-refractivity contribution in [1.82, 2.24) is 5.32 Å². The molecule has 1 heterocycles. The predicted octanol–water partition coefficient (Wildman–Crippen LogP) is 5.62. The van der Waals surface area contributed by atoms with Gasteiger partial charge in [-0.15, -0.1) is 11.3 Å². The normalized spacial score (nSPS) is 13.4. The topological polar surface area (TPSA) is 12.0 Å². The van der Waals surface area contributed by atoms with Gasteiger partial charge in [0.15, 0.2) is 0 Å². The first kappa shape index (κ1) is 16.5. The van der Waals surface area contributed by atoms with Crippen LogP contribution in [0.4, 0.5) is 13.2 Å². The second kappa shape index (κ2) is 6.94. The zero-order valence-corrected chi connectivity index (χ0v) is 13.8. The van der Waals surface area contributed by atoms with Crippen molar-refractivity contribution in [3.8, 4) is 0 Å². The van der Waals surface area contributed by atoms with Gasteiger partial charge < -0.3 is 5.32 Å². The third kappa shape index (κ3) is 4.08. The maximum absolute atomic E-state index is 13.2. The Morgan fingerprint density at radius 3 is 2.57 bits per heavy atom. The van der Waals surface area contributed by atoms with Crippen molar-refractivity contribution in [2.75, 3.05) is 6.54 Å². The van der Waals surface area contributed by atoms with E-state index in [-0.39, 0.29) is 5.56 Å². The second-order valence-corrected chi connectivity index (χ2v) is 6.50. The Balaban J connectivity index is 2.46. The summed E-state index contributed by atoms with van der Waals surface area (Å²) in [6.45, 7) is 2.65. The SMILES string of the molecule is CCCNC(c1cc(Br)cs1)c1ccccc1C(F)(F)F. The molecule has 0 fully saturated rings. The third-order valence-corrected chi connectivity index (χ3v) is 4.81. The summed E-state index contributed by atoms with van der Waals surface area (Å²) in [6, 6.07) is 7.17. The molecule has 21 heavy (non-hydrogen) atoms. The van der Waals surface area contributed by atoms with Gasteiger partial charge in [-0.2, -0.15) is 13.2 Å². The fraction of sp³-hybridized carbons (Fsp3) is 0.333. The quantitative estimate of drug-likeness (QED) is 0.712. The maximum Gasteiger partial charge on any atom is 0.416 e. The van der Waals surface area contributed by atoms with E-state index < -0.39 is 17.8 Å². The third-order valence-electron chi connectivity index (χ3n) is 3.05. The van der Waals surface area contributed by atoms with Crippen LogP contribution in [0.2, 0.25) is 0 Å². The molecule has 0 saturated heterocycles. The van der Waals surface area contributed by atoms with E-state index in [0.717, 1.165) is 21.8 Å². The van der Waals surface area contributed by atoms with Crippen LogP contribution in [0.3, 0.4) is 0 Å². The van der Waals surface area contributed by atoms with Gasteiger partial charge in [0.25, 0.3) is 0 Å². The standard InChI is InChI=1S/C15H15BrF3NS/c1-2-7-20-14(13-8-10(16)9-21-13)11-5-3-4-6-12(11)15(17,18)19/h3-6,8-9,14,20H,2,7H2,1H3. The molecule has 1 aromatic heterocycles. The second-order valence-electron chi connectivity index (χ2n) is 4.64. The molecule has 1 atom stereocenters. The van der Waals surface area contributed by atoms with E-state index in [2.05, 4.69) is 21.2 Å². The summed E-state index contributed by atoms with van der Waals surface area (Å²) < 4.78 is 40.5. The zero-order valence-electron chi connectivity index (χ0n) is 11.4. The van der Waals surface area contributed by atoms with E-state index >= 15 is 0 Å². The number of halogens is 4. The van der Waals surface area contributed by atoms with Crippen LogP contribution in [0.5, 0.6) is 0 Å². The van der Waals surface area contributed by atoms with Crippen LogP contribution in [-0.2, 0) is 6.18 Å². The molecule has 1 unspecified atom stereocenters. The van der Waals surface area contributed by atoms with Crippen LogP contribution in [0.15, 0.2) is 40.2 Å². The molecule has 1 aromatic carbocycles. The van der Waals surface area contributed by atoms with Crippen LogP contribution >= 0.6 is 27.3 Å². The summed E-state index contributed by atoms with van der Waals surface area (Å²) >= 11 is 4.81. The summed E-state index contributed by atoms with van der Waals surface area (Å²) in [4.78, 5) is 0.868. The first-order valence-corrected chi connectivity index (χ1v) is 8.24. The lowest BCUT2D eigenvalue weighted by Gasteiger charge is -2.22. The molecule has 0 aliphatic rings. The number of alkyl halides is 3. The molecule has 2 aromatic rings. The summed E-state index contributed by atoms with van der Waals surface area (Å²) in [7, 11) is 0. The largest absolute Gasteiger partial charge is 0.416 e. The van der Waals surface area contributed by atoms with Gasteiger partial charge in [-0.05, 0) is 46.6 Å². The minimum Gasteiger partial charge on any atom is -0.306 e. The monoisotopic (exact) mass is 377 g/mol. The van der Waals surface area contributed by atoms with Gasteiger partial charge in [0.05, 0.1) is 11.6 Å². The first-order chi connectivity index (χ1) is 9.93. The van der Waals surface area contributed by atoms with Crippen LogP contribution < -0.4 is 5.32 Å². The Bertz CT molecular complexity index is 595. The van der Waals surface area contributed by atoms with E-state index in [9.17, 15) is 13.2 Å². The predicted molar refractivity (Wildman–Crippen MR) is 83.6 cm³/mol. The molecule has 0 bridgehead atoms. The fourth-order valence-corrected chi connectivity index (χ4v) is 3.68. The van der Waals surface area contributed by atoms with Crippen LogP contribution in [0.1, 0.15) is 35.4 Å². The van der Waals surface area contributed by atoms with Gasteiger partial charge in [-0.25, -0.2) is 0 Å². The molecule has 0 radical (unpaired) electrons. The highest BCUT2D eigenvalue weighted by atomic mass is 79.9. The molecule has 1 nitrogen and oxygen atoms in total. The van der Waals surface area contributed by atoms with E-state index in [1.807, 2.05) is 18.4 Å². The van der Waals surface area contributed by atoms with Crippen molar-refractivity contribution in [2.24, 2.45) is 0 Å². The molecule has 2 rings (SSSR count). The highest BCUT2D eigenvalue weighted by Gasteiger charge is 2.35. The van der Waals surface area contributed by atoms with E-state index in [1.165, 1.54) is 17.4 Å². The van der Waals surface area contributed by atoms with Crippen molar-refractivity contribution in [1.29, 1.82) is 0 Å². The van der Waals surface area contributed by atoms with Gasteiger partial charge in [-0.3, -0.25) is 0 Å². The molecule has 0 aliphatic carbocycles. The van der Waals surface area contributed by atoms with Crippen molar-refractivity contribution in [3.63, 3.8) is 0 Å². The van der Waals surface area contributed by atoms with Gasteiger partial charge in [0.2, 0.25) is 0 Å². The van der Waals surface area contributed by atoms with E-state index in [0.29, 0.717) is 6.54 Å². The molecule has 6 heteroatoms. The average Bonchev–Trinajstić information content (AvgIpc) is 2.85. The van der Waals surface area contributed by atoms with Crippen LogP contribution in [0.25, 0.3) is 0 Å². The number of hydrogen-bond donors (Lipinski definition) is 1. The molecule has 0 saturated carbocycles. The Morgan fingerprint density at radius 1 is 1.29 bits per heavy atom. The first-order valence-electron chi connectivity index (χ1n) is 6.57. The zero-order chi connectivity index (χ0) is 15.5. The minimum atomic E-state index is -4.35. The Labute approximate surface area is 134 Å². The molecule has 114 valence electrons. The average molecular weight is 378 g/mol. The summed E-state index contributed by atoms with van der Waals surface area (Å²) in [6.07, 6.45) is -3.49. The summed E-state index contributed by atoms with van der Waals surface area (Å²) in [5, 5.41) is 5.10. The molecule has 0 spiro atoms. The number of rotatable bonds is 5. The van der Waals surface area contributed by atoms with E-state index in [1.54, 1.807) is 12.1 Å². The van der Waals surface area contributed by atoms with Crippen molar-refractivity contribution < 1.29 is 13.2 Å². The lowest BCUT2D eigenvalue weighted by atomic mass is 9.98. The number of benzene rings is 1. The number of nitrogens with one attached hydrogen (secondary N) is 1. The van der Waals surface area contributed by atoms with Gasteiger partial charge in [0.1, 0.15) is 0 Å².